The van der Waals surface area contributed by atoms with Gasteiger partial charge in [-0.15, -0.1) is 5.10 Å². The van der Waals surface area contributed by atoms with Crippen LogP contribution >= 0.6 is 0 Å². The molecule has 1 N–H and O–H groups in total. The molecule has 1 atom stereocenters. The number of benzene rings is 2. The second-order valence-electron chi connectivity index (χ2n) is 7.86. The van der Waals surface area contributed by atoms with E-state index in [0.717, 1.165) is 5.56 Å². The van der Waals surface area contributed by atoms with Crippen molar-refractivity contribution in [1.82, 2.24) is 29.8 Å². The molecule has 1 unspecified atom stereocenters. The van der Waals surface area contributed by atoms with Gasteiger partial charge in [-0.1, -0.05) is 6.07 Å². The first-order chi connectivity index (χ1) is 16.0. The zero-order chi connectivity index (χ0) is 22.8. The highest BCUT2D eigenvalue weighted by molar-refractivity contribution is 7.89. The van der Waals surface area contributed by atoms with Gasteiger partial charge in [-0.2, -0.15) is 4.31 Å². The Labute approximate surface area is 190 Å². The number of carbonyl (C=O) groups excluding carboxylic acids is 1. The third-order valence-electron chi connectivity index (χ3n) is 5.75. The summed E-state index contributed by atoms with van der Waals surface area (Å²) < 4.78 is 39.8. The van der Waals surface area contributed by atoms with E-state index >= 15 is 0 Å². The molecule has 33 heavy (non-hydrogen) atoms. The molecule has 0 radical (unpaired) electrons. The molecule has 1 aromatic heterocycles. The molecule has 0 bridgehead atoms. The summed E-state index contributed by atoms with van der Waals surface area (Å²) in [5.41, 5.74) is 1.54. The number of sulfonamides is 1. The minimum Gasteiger partial charge on any atom is -0.454 e. The minimum absolute atomic E-state index is 0.143. The largest absolute Gasteiger partial charge is 0.454 e. The second-order valence-corrected chi connectivity index (χ2v) is 9.79. The summed E-state index contributed by atoms with van der Waals surface area (Å²) in [4.78, 5) is 12.9. The van der Waals surface area contributed by atoms with Crippen molar-refractivity contribution in [2.24, 2.45) is 5.92 Å². The first kappa shape index (κ1) is 21.3. The van der Waals surface area contributed by atoms with Crippen LogP contribution < -0.4 is 14.8 Å². The molecule has 1 amide bonds. The van der Waals surface area contributed by atoms with Crippen molar-refractivity contribution in [2.75, 3.05) is 19.9 Å². The Balaban J connectivity index is 1.22. The summed E-state index contributed by atoms with van der Waals surface area (Å²) in [7, 11) is -3.73. The van der Waals surface area contributed by atoms with E-state index in [1.807, 2.05) is 18.2 Å². The van der Waals surface area contributed by atoms with Gasteiger partial charge in [0.05, 0.1) is 16.5 Å². The van der Waals surface area contributed by atoms with Crippen LogP contribution in [0.3, 0.4) is 0 Å². The number of piperidine rings is 1. The van der Waals surface area contributed by atoms with Gasteiger partial charge in [-0.25, -0.2) is 13.1 Å². The lowest BCUT2D eigenvalue weighted by Gasteiger charge is -2.31. The number of amides is 1. The Kier molecular flexibility index (Phi) is 5.68. The molecule has 1 saturated heterocycles. The predicted octanol–water partition coefficient (Wildman–Crippen LogP) is 1.11. The lowest BCUT2D eigenvalue weighted by molar-refractivity contribution is -0.126. The Morgan fingerprint density at radius 1 is 1.12 bits per heavy atom. The Morgan fingerprint density at radius 3 is 2.73 bits per heavy atom. The van der Waals surface area contributed by atoms with Crippen LogP contribution in [0.2, 0.25) is 0 Å². The number of aromatic nitrogens is 4. The van der Waals surface area contributed by atoms with Crippen LogP contribution in [0.5, 0.6) is 11.5 Å². The van der Waals surface area contributed by atoms with Crippen LogP contribution in [0.4, 0.5) is 0 Å². The first-order valence-corrected chi connectivity index (χ1v) is 11.9. The first-order valence-electron chi connectivity index (χ1n) is 10.5. The Morgan fingerprint density at radius 2 is 1.94 bits per heavy atom. The molecule has 11 nitrogen and oxygen atoms in total. The van der Waals surface area contributed by atoms with Gasteiger partial charge in [0, 0.05) is 19.6 Å². The summed E-state index contributed by atoms with van der Waals surface area (Å²) >= 11 is 0. The molecule has 2 aliphatic rings. The molecule has 12 heteroatoms. The van der Waals surface area contributed by atoms with E-state index in [1.54, 1.807) is 12.1 Å². The van der Waals surface area contributed by atoms with E-state index in [0.29, 0.717) is 43.1 Å². The summed E-state index contributed by atoms with van der Waals surface area (Å²) in [6, 6.07) is 11.8. The van der Waals surface area contributed by atoms with Crippen molar-refractivity contribution in [2.45, 2.75) is 24.3 Å². The number of fused-ring (bicyclic) bond motifs is 1. The molecule has 3 aromatic rings. The molecular weight excluding hydrogens is 448 g/mol. The highest BCUT2D eigenvalue weighted by Gasteiger charge is 2.33. The number of nitrogens with one attached hydrogen (secondary N) is 1. The number of hydrogen-bond acceptors (Lipinski definition) is 8. The summed E-state index contributed by atoms with van der Waals surface area (Å²) in [6.45, 7) is 1.04. The van der Waals surface area contributed by atoms with Crippen molar-refractivity contribution in [1.29, 1.82) is 0 Å². The average molecular weight is 471 g/mol. The maximum absolute atomic E-state index is 13.2. The van der Waals surface area contributed by atoms with Gasteiger partial charge >= 0.3 is 0 Å². The molecule has 2 aromatic carbocycles. The Hall–Kier alpha value is -3.51. The van der Waals surface area contributed by atoms with E-state index in [1.165, 1.54) is 27.4 Å². The van der Waals surface area contributed by atoms with Crippen LogP contribution in [0.25, 0.3) is 5.69 Å². The molecule has 2 aliphatic heterocycles. The van der Waals surface area contributed by atoms with Gasteiger partial charge in [0.25, 0.3) is 0 Å². The summed E-state index contributed by atoms with van der Waals surface area (Å²) in [5.74, 6) is 0.761. The number of nitrogens with zero attached hydrogens (tertiary/aromatic N) is 5. The highest BCUT2D eigenvalue weighted by Crippen LogP contribution is 2.32. The van der Waals surface area contributed by atoms with Crippen LogP contribution in [-0.4, -0.2) is 58.7 Å². The number of tetrazole rings is 1. The van der Waals surface area contributed by atoms with Crippen molar-refractivity contribution in [3.63, 3.8) is 0 Å². The molecule has 1 fully saturated rings. The topological polar surface area (TPSA) is 129 Å². The SMILES string of the molecule is O=C(NCc1ccc2c(c1)OCO2)C1CCCN(S(=O)(=O)c2ccc(-n3cnnn3)cc2)C1. The van der Waals surface area contributed by atoms with E-state index in [2.05, 4.69) is 20.8 Å². The summed E-state index contributed by atoms with van der Waals surface area (Å²) in [6.07, 6.45) is 2.68. The number of carbonyl (C=O) groups is 1. The van der Waals surface area contributed by atoms with Gasteiger partial charge in [-0.05, 0) is 65.2 Å². The molecule has 0 aliphatic carbocycles. The van der Waals surface area contributed by atoms with Gasteiger partial charge < -0.3 is 14.8 Å². The van der Waals surface area contributed by atoms with Gasteiger partial charge in [-0.3, -0.25) is 4.79 Å². The normalized spacial score (nSPS) is 18.2. The van der Waals surface area contributed by atoms with Crippen LogP contribution in [0, 0.1) is 5.92 Å². The third kappa shape index (κ3) is 4.39. The van der Waals surface area contributed by atoms with Crippen molar-refractivity contribution in [3.05, 3.63) is 54.4 Å². The van der Waals surface area contributed by atoms with E-state index in [-0.39, 0.29) is 24.1 Å². The molecule has 3 heterocycles. The zero-order valence-electron chi connectivity index (χ0n) is 17.6. The minimum atomic E-state index is -3.73. The Bertz CT molecular complexity index is 1250. The van der Waals surface area contributed by atoms with Crippen LogP contribution in [-0.2, 0) is 21.4 Å². The molecule has 0 saturated carbocycles. The number of ether oxygens (including phenoxy) is 2. The molecular formula is C21H22N6O5S. The quantitative estimate of drug-likeness (QED) is 0.567. The lowest BCUT2D eigenvalue weighted by atomic mass is 9.98. The van der Waals surface area contributed by atoms with Gasteiger partial charge in [0.1, 0.15) is 6.33 Å². The maximum Gasteiger partial charge on any atom is 0.243 e. The van der Waals surface area contributed by atoms with E-state index < -0.39 is 15.9 Å². The maximum atomic E-state index is 13.2. The third-order valence-corrected chi connectivity index (χ3v) is 7.63. The van der Waals surface area contributed by atoms with Crippen molar-refractivity contribution < 1.29 is 22.7 Å². The number of rotatable bonds is 6. The van der Waals surface area contributed by atoms with Gasteiger partial charge in [0.15, 0.2) is 11.5 Å². The smallest absolute Gasteiger partial charge is 0.243 e. The predicted molar refractivity (Wildman–Crippen MR) is 115 cm³/mol. The zero-order valence-corrected chi connectivity index (χ0v) is 18.4. The standard InChI is InChI=1S/C21H22N6O5S/c28-21(22-11-15-3-8-19-20(10-15)32-14-31-19)16-2-1-9-26(12-16)33(29,30)18-6-4-17(5-7-18)27-13-23-24-25-27/h3-8,10,13,16H,1-2,9,11-12,14H2,(H,22,28). The average Bonchev–Trinajstić information content (AvgIpc) is 3.55. The van der Waals surface area contributed by atoms with E-state index in [4.69, 9.17) is 9.47 Å². The molecule has 172 valence electrons. The monoisotopic (exact) mass is 470 g/mol. The number of hydrogen-bond donors (Lipinski definition) is 1. The van der Waals surface area contributed by atoms with Gasteiger partial charge in [0.2, 0.25) is 22.7 Å². The van der Waals surface area contributed by atoms with E-state index in [9.17, 15) is 13.2 Å². The second kappa shape index (κ2) is 8.79. The van der Waals surface area contributed by atoms with Crippen molar-refractivity contribution >= 4 is 15.9 Å². The summed E-state index contributed by atoms with van der Waals surface area (Å²) in [5, 5.41) is 13.9. The van der Waals surface area contributed by atoms with Crippen LogP contribution in [0.15, 0.2) is 53.7 Å². The fourth-order valence-corrected chi connectivity index (χ4v) is 5.48. The lowest BCUT2D eigenvalue weighted by Crippen LogP contribution is -2.45. The highest BCUT2D eigenvalue weighted by atomic mass is 32.2. The van der Waals surface area contributed by atoms with Crippen LogP contribution in [0.1, 0.15) is 18.4 Å². The fraction of sp³-hybridized carbons (Fsp3) is 0.333. The fourth-order valence-electron chi connectivity index (χ4n) is 3.96. The van der Waals surface area contributed by atoms with Crippen molar-refractivity contribution in [3.8, 4) is 17.2 Å². The molecule has 5 rings (SSSR count). The molecule has 0 spiro atoms.